The maximum atomic E-state index is 13.1. The predicted molar refractivity (Wildman–Crippen MR) is 102 cm³/mol. The Morgan fingerprint density at radius 3 is 2.04 bits per heavy atom. The molecule has 0 aromatic heterocycles. The average Bonchev–Trinajstić information content (AvgIpc) is 2.73. The van der Waals surface area contributed by atoms with Crippen molar-refractivity contribution >= 4 is 11.8 Å². The molecule has 4 nitrogen and oxygen atoms in total. The van der Waals surface area contributed by atoms with Crippen LogP contribution in [0.5, 0.6) is 0 Å². The zero-order valence-corrected chi connectivity index (χ0v) is 15.7. The van der Waals surface area contributed by atoms with Crippen LogP contribution in [0.4, 0.5) is 0 Å². The van der Waals surface area contributed by atoms with Crippen LogP contribution in [0.2, 0.25) is 0 Å². The Kier molecular flexibility index (Phi) is 5.28. The topological polar surface area (TPSA) is 40.6 Å². The van der Waals surface area contributed by atoms with Crippen molar-refractivity contribution in [2.45, 2.75) is 63.8 Å². The van der Waals surface area contributed by atoms with Crippen molar-refractivity contribution in [2.24, 2.45) is 5.92 Å². The summed E-state index contributed by atoms with van der Waals surface area (Å²) in [5.41, 5.74) is 1.43. The quantitative estimate of drug-likeness (QED) is 0.802. The van der Waals surface area contributed by atoms with Crippen molar-refractivity contribution in [1.29, 1.82) is 0 Å². The molecule has 3 aliphatic rings. The summed E-state index contributed by atoms with van der Waals surface area (Å²) in [7, 11) is 0. The van der Waals surface area contributed by atoms with E-state index in [1.807, 2.05) is 29.2 Å². The molecule has 0 spiro atoms. The van der Waals surface area contributed by atoms with Crippen molar-refractivity contribution in [3.63, 3.8) is 0 Å². The van der Waals surface area contributed by atoms with E-state index in [1.54, 1.807) is 0 Å². The van der Waals surface area contributed by atoms with Crippen LogP contribution in [0.25, 0.3) is 0 Å². The highest BCUT2D eigenvalue weighted by Crippen LogP contribution is 2.35. The summed E-state index contributed by atoms with van der Waals surface area (Å²) in [5, 5.41) is 0. The molecule has 0 N–H and O–H groups in total. The Balaban J connectivity index is 1.45. The van der Waals surface area contributed by atoms with Gasteiger partial charge in [0.25, 0.3) is 11.8 Å². The Labute approximate surface area is 156 Å². The molecule has 4 heteroatoms. The molecule has 1 aromatic carbocycles. The summed E-state index contributed by atoms with van der Waals surface area (Å²) in [4.78, 5) is 29.7. The molecule has 1 saturated carbocycles. The molecular formula is C22H30N2O2. The van der Waals surface area contributed by atoms with E-state index < -0.39 is 0 Å². The summed E-state index contributed by atoms with van der Waals surface area (Å²) in [6.45, 7) is 2.60. The first kappa shape index (κ1) is 17.6. The highest BCUT2D eigenvalue weighted by atomic mass is 16.2. The van der Waals surface area contributed by atoms with Gasteiger partial charge in [0.1, 0.15) is 0 Å². The lowest BCUT2D eigenvalue weighted by Crippen LogP contribution is -2.49. The van der Waals surface area contributed by atoms with Crippen LogP contribution in [0.1, 0.15) is 78.5 Å². The fourth-order valence-electron chi connectivity index (χ4n) is 5.08. The zero-order chi connectivity index (χ0) is 17.9. The SMILES string of the molecule is O=C(c1ccc(C(=O)N2CCC[C@@H]3CCCC[C@H]32)cc1)N1CCCCC1. The second kappa shape index (κ2) is 7.81. The number of amides is 2. The summed E-state index contributed by atoms with van der Waals surface area (Å²) >= 11 is 0. The molecule has 0 radical (unpaired) electrons. The standard InChI is InChI=1S/C22H30N2O2/c25-21(23-14-4-1-5-15-23)18-10-12-19(13-11-18)22(26)24-16-6-8-17-7-2-3-9-20(17)24/h10-13,17,20H,1-9,14-16H2/t17-,20+/m0/s1. The number of benzene rings is 1. The highest BCUT2D eigenvalue weighted by molar-refractivity contribution is 5.98. The van der Waals surface area contributed by atoms with Crippen molar-refractivity contribution in [3.05, 3.63) is 35.4 Å². The van der Waals surface area contributed by atoms with Gasteiger partial charge in [-0.3, -0.25) is 9.59 Å². The second-order valence-corrected chi connectivity index (χ2v) is 8.18. The molecule has 3 fully saturated rings. The van der Waals surface area contributed by atoms with E-state index in [0.717, 1.165) is 50.9 Å². The number of hydrogen-bond acceptors (Lipinski definition) is 2. The summed E-state index contributed by atoms with van der Waals surface area (Å²) in [6.07, 6.45) is 10.8. The maximum absolute atomic E-state index is 13.1. The average molecular weight is 354 g/mol. The summed E-state index contributed by atoms with van der Waals surface area (Å²) in [6, 6.07) is 7.82. The third-order valence-corrected chi connectivity index (χ3v) is 6.53. The third kappa shape index (κ3) is 3.51. The molecule has 140 valence electrons. The first-order chi connectivity index (χ1) is 12.7. The lowest BCUT2D eigenvalue weighted by atomic mass is 9.78. The van der Waals surface area contributed by atoms with Gasteiger partial charge in [-0.1, -0.05) is 12.8 Å². The normalized spacial score (nSPS) is 26.3. The summed E-state index contributed by atoms with van der Waals surface area (Å²) in [5.74, 6) is 0.953. The van der Waals surface area contributed by atoms with E-state index >= 15 is 0 Å². The van der Waals surface area contributed by atoms with Gasteiger partial charge in [0.05, 0.1) is 0 Å². The molecule has 1 aliphatic carbocycles. The smallest absolute Gasteiger partial charge is 0.254 e. The van der Waals surface area contributed by atoms with Gasteiger partial charge in [0.15, 0.2) is 0 Å². The van der Waals surface area contributed by atoms with E-state index in [2.05, 4.69) is 4.90 Å². The van der Waals surface area contributed by atoms with E-state index in [0.29, 0.717) is 17.5 Å². The molecule has 2 heterocycles. The van der Waals surface area contributed by atoms with Gasteiger partial charge in [-0.15, -0.1) is 0 Å². The van der Waals surface area contributed by atoms with E-state index in [4.69, 9.17) is 0 Å². The number of carbonyl (C=O) groups is 2. The largest absolute Gasteiger partial charge is 0.339 e. The van der Waals surface area contributed by atoms with Crippen LogP contribution in [0.3, 0.4) is 0 Å². The second-order valence-electron chi connectivity index (χ2n) is 8.18. The van der Waals surface area contributed by atoms with Gasteiger partial charge in [-0.25, -0.2) is 0 Å². The van der Waals surface area contributed by atoms with Crippen molar-refractivity contribution in [2.75, 3.05) is 19.6 Å². The van der Waals surface area contributed by atoms with Gasteiger partial charge < -0.3 is 9.80 Å². The maximum Gasteiger partial charge on any atom is 0.254 e. The van der Waals surface area contributed by atoms with Crippen LogP contribution >= 0.6 is 0 Å². The van der Waals surface area contributed by atoms with E-state index in [-0.39, 0.29) is 11.8 Å². The molecular weight excluding hydrogens is 324 g/mol. The van der Waals surface area contributed by atoms with Crippen molar-refractivity contribution < 1.29 is 9.59 Å². The minimum absolute atomic E-state index is 0.106. The zero-order valence-electron chi connectivity index (χ0n) is 15.7. The Hall–Kier alpha value is -1.84. The highest BCUT2D eigenvalue weighted by Gasteiger charge is 2.36. The molecule has 26 heavy (non-hydrogen) atoms. The monoisotopic (exact) mass is 354 g/mol. The van der Waals surface area contributed by atoms with Gasteiger partial charge in [-0.2, -0.15) is 0 Å². The lowest BCUT2D eigenvalue weighted by molar-refractivity contribution is 0.0390. The Morgan fingerprint density at radius 1 is 0.692 bits per heavy atom. The molecule has 2 atom stereocenters. The Morgan fingerprint density at radius 2 is 1.31 bits per heavy atom. The molecule has 1 aromatic rings. The number of fused-ring (bicyclic) bond motifs is 1. The number of carbonyl (C=O) groups excluding carboxylic acids is 2. The van der Waals surface area contributed by atoms with Crippen molar-refractivity contribution in [1.82, 2.24) is 9.80 Å². The molecule has 4 rings (SSSR count). The predicted octanol–water partition coefficient (Wildman–Crippen LogP) is 4.11. The first-order valence-electron chi connectivity index (χ1n) is 10.4. The molecule has 2 aliphatic heterocycles. The van der Waals surface area contributed by atoms with Gasteiger partial charge >= 0.3 is 0 Å². The van der Waals surface area contributed by atoms with Gasteiger partial charge in [0.2, 0.25) is 0 Å². The minimum Gasteiger partial charge on any atom is -0.339 e. The van der Waals surface area contributed by atoms with Gasteiger partial charge in [0, 0.05) is 36.8 Å². The van der Waals surface area contributed by atoms with Crippen LogP contribution in [-0.2, 0) is 0 Å². The van der Waals surface area contributed by atoms with Crippen LogP contribution < -0.4 is 0 Å². The molecule has 0 unspecified atom stereocenters. The minimum atomic E-state index is 0.106. The van der Waals surface area contributed by atoms with Crippen LogP contribution in [-0.4, -0.2) is 47.3 Å². The first-order valence-corrected chi connectivity index (χ1v) is 10.4. The lowest BCUT2D eigenvalue weighted by Gasteiger charge is -2.44. The number of piperidine rings is 2. The number of rotatable bonds is 2. The van der Waals surface area contributed by atoms with E-state index in [9.17, 15) is 9.59 Å². The van der Waals surface area contributed by atoms with Crippen molar-refractivity contribution in [3.8, 4) is 0 Å². The van der Waals surface area contributed by atoms with Gasteiger partial charge in [-0.05, 0) is 75.1 Å². The number of likely N-dealkylation sites (tertiary alicyclic amines) is 2. The summed E-state index contributed by atoms with van der Waals surface area (Å²) < 4.78 is 0. The molecule has 0 bridgehead atoms. The van der Waals surface area contributed by atoms with Crippen LogP contribution in [0.15, 0.2) is 24.3 Å². The fraction of sp³-hybridized carbons (Fsp3) is 0.636. The third-order valence-electron chi connectivity index (χ3n) is 6.53. The Bertz CT molecular complexity index is 647. The molecule has 2 saturated heterocycles. The molecule has 2 amide bonds. The van der Waals surface area contributed by atoms with Crippen LogP contribution in [0, 0.1) is 5.92 Å². The fourth-order valence-corrected chi connectivity index (χ4v) is 5.08. The number of hydrogen-bond donors (Lipinski definition) is 0. The number of nitrogens with zero attached hydrogens (tertiary/aromatic N) is 2. The van der Waals surface area contributed by atoms with E-state index in [1.165, 1.54) is 32.1 Å².